The maximum absolute atomic E-state index is 13.9. The zero-order chi connectivity index (χ0) is 18.5. The molecule has 1 aromatic heterocycles. The molecule has 1 N–H and O–H groups in total. The quantitative estimate of drug-likeness (QED) is 0.480. The minimum Gasteiger partial charge on any atom is -0.337 e. The van der Waals surface area contributed by atoms with Crippen LogP contribution in [-0.2, 0) is 16.1 Å². The normalized spacial score (nSPS) is 17.8. The standard InChI is InChI=1S/C17H16FN5O3/c18-13-4-1-2-5-14(13)23-16(25)12(15(24)21-17(23)26)10-19-6-3-8-22-9-7-20-11-22/h1-2,4-5,7,9-12H,3,6,8H2,(H,21,24,26)/t12-/m1/s1. The van der Waals surface area contributed by atoms with Crippen molar-refractivity contribution in [1.82, 2.24) is 14.9 Å². The van der Waals surface area contributed by atoms with Gasteiger partial charge in [0.1, 0.15) is 5.82 Å². The van der Waals surface area contributed by atoms with E-state index in [1.165, 1.54) is 24.4 Å². The van der Waals surface area contributed by atoms with Gasteiger partial charge >= 0.3 is 6.03 Å². The van der Waals surface area contributed by atoms with Crippen molar-refractivity contribution in [3.63, 3.8) is 0 Å². The fraction of sp³-hybridized carbons (Fsp3) is 0.235. The van der Waals surface area contributed by atoms with Gasteiger partial charge in [-0.05, 0) is 18.6 Å². The number of aromatic nitrogens is 2. The second-order valence-electron chi connectivity index (χ2n) is 5.61. The van der Waals surface area contributed by atoms with Crippen LogP contribution in [0.4, 0.5) is 14.9 Å². The Labute approximate surface area is 148 Å². The van der Waals surface area contributed by atoms with Gasteiger partial charge < -0.3 is 4.57 Å². The van der Waals surface area contributed by atoms with Gasteiger partial charge in [-0.2, -0.15) is 0 Å². The van der Waals surface area contributed by atoms with Gasteiger partial charge in [-0.1, -0.05) is 12.1 Å². The summed E-state index contributed by atoms with van der Waals surface area (Å²) in [6, 6.07) is 4.38. The number of benzene rings is 1. The van der Waals surface area contributed by atoms with Crippen LogP contribution in [0, 0.1) is 11.7 Å². The van der Waals surface area contributed by atoms with Gasteiger partial charge in [-0.25, -0.2) is 19.1 Å². The zero-order valence-electron chi connectivity index (χ0n) is 13.7. The molecule has 2 heterocycles. The van der Waals surface area contributed by atoms with Crippen molar-refractivity contribution >= 4 is 29.7 Å². The highest BCUT2D eigenvalue weighted by molar-refractivity contribution is 6.32. The molecule has 8 nitrogen and oxygen atoms in total. The van der Waals surface area contributed by atoms with Crippen LogP contribution in [0.1, 0.15) is 6.42 Å². The summed E-state index contributed by atoms with van der Waals surface area (Å²) in [4.78, 5) is 45.1. The number of amides is 4. The SMILES string of the molecule is O=C1NC(=O)N(c2ccccc2F)C(=O)[C@@H]1C=NCCCn1ccnc1. The first kappa shape index (κ1) is 17.5. The minimum atomic E-state index is -1.28. The number of hydrogen-bond donors (Lipinski definition) is 1. The number of imide groups is 2. The van der Waals surface area contributed by atoms with Crippen LogP contribution in [0.25, 0.3) is 0 Å². The number of anilines is 1. The number of nitrogens with zero attached hydrogens (tertiary/aromatic N) is 4. The van der Waals surface area contributed by atoms with Gasteiger partial charge in [0.05, 0.1) is 12.0 Å². The summed E-state index contributed by atoms with van der Waals surface area (Å²) >= 11 is 0. The third-order valence-electron chi connectivity index (χ3n) is 3.81. The molecule has 1 aliphatic rings. The van der Waals surface area contributed by atoms with Gasteiger partial charge in [0.2, 0.25) is 5.91 Å². The number of aliphatic imine (C=N–C) groups is 1. The molecule has 2 aromatic rings. The number of urea groups is 1. The molecule has 0 radical (unpaired) electrons. The van der Waals surface area contributed by atoms with Gasteiger partial charge in [0.15, 0.2) is 5.92 Å². The number of barbiturate groups is 1. The molecule has 1 saturated heterocycles. The topological polar surface area (TPSA) is 96.7 Å². The third-order valence-corrected chi connectivity index (χ3v) is 3.81. The van der Waals surface area contributed by atoms with Crippen LogP contribution < -0.4 is 10.2 Å². The molecular weight excluding hydrogens is 341 g/mol. The van der Waals surface area contributed by atoms with E-state index in [9.17, 15) is 18.8 Å². The molecule has 0 saturated carbocycles. The summed E-state index contributed by atoms with van der Waals surface area (Å²) in [6.07, 6.45) is 7.05. The zero-order valence-corrected chi connectivity index (χ0v) is 13.7. The lowest BCUT2D eigenvalue weighted by molar-refractivity contribution is -0.131. The lowest BCUT2D eigenvalue weighted by Gasteiger charge is -2.28. The predicted octanol–water partition coefficient (Wildman–Crippen LogP) is 1.38. The van der Waals surface area contributed by atoms with E-state index in [1.807, 2.05) is 10.8 Å². The van der Waals surface area contributed by atoms with Crippen molar-refractivity contribution in [2.45, 2.75) is 13.0 Å². The van der Waals surface area contributed by atoms with E-state index < -0.39 is 29.6 Å². The number of para-hydroxylation sites is 1. The number of halogens is 1. The van der Waals surface area contributed by atoms with Crippen molar-refractivity contribution in [2.75, 3.05) is 11.4 Å². The summed E-state index contributed by atoms with van der Waals surface area (Å²) in [6.45, 7) is 1.09. The third kappa shape index (κ3) is 3.66. The molecule has 26 heavy (non-hydrogen) atoms. The second-order valence-corrected chi connectivity index (χ2v) is 5.61. The first-order valence-electron chi connectivity index (χ1n) is 7.97. The Bertz CT molecular complexity index is 850. The summed E-state index contributed by atoms with van der Waals surface area (Å²) < 4.78 is 15.8. The molecule has 0 spiro atoms. The summed E-state index contributed by atoms with van der Waals surface area (Å²) in [5.74, 6) is -3.62. The maximum Gasteiger partial charge on any atom is 0.335 e. The molecule has 0 bridgehead atoms. The Balaban J connectivity index is 1.67. The molecule has 134 valence electrons. The molecule has 3 rings (SSSR count). The number of carbonyl (C=O) groups excluding carboxylic acids is 3. The highest BCUT2D eigenvalue weighted by atomic mass is 19.1. The van der Waals surface area contributed by atoms with Crippen molar-refractivity contribution in [3.05, 3.63) is 48.8 Å². The molecule has 1 atom stereocenters. The molecule has 1 aliphatic heterocycles. The molecule has 0 aliphatic carbocycles. The van der Waals surface area contributed by atoms with Gasteiger partial charge in [-0.15, -0.1) is 0 Å². The Kier molecular flexibility index (Phi) is 5.16. The largest absolute Gasteiger partial charge is 0.337 e. The van der Waals surface area contributed by atoms with Crippen molar-refractivity contribution in [2.24, 2.45) is 10.9 Å². The van der Waals surface area contributed by atoms with Crippen LogP contribution in [0.5, 0.6) is 0 Å². The minimum absolute atomic E-state index is 0.207. The van der Waals surface area contributed by atoms with Crippen LogP contribution >= 0.6 is 0 Å². The highest BCUT2D eigenvalue weighted by Crippen LogP contribution is 2.23. The summed E-state index contributed by atoms with van der Waals surface area (Å²) in [5, 5.41) is 2.06. The van der Waals surface area contributed by atoms with E-state index in [0.29, 0.717) is 24.4 Å². The monoisotopic (exact) mass is 357 g/mol. The van der Waals surface area contributed by atoms with E-state index in [-0.39, 0.29) is 5.69 Å². The molecule has 0 unspecified atom stereocenters. The number of rotatable bonds is 6. The number of hydrogen-bond acceptors (Lipinski definition) is 5. The van der Waals surface area contributed by atoms with Gasteiger partial charge in [0, 0.05) is 31.7 Å². The van der Waals surface area contributed by atoms with Crippen LogP contribution in [-0.4, -0.2) is 40.2 Å². The smallest absolute Gasteiger partial charge is 0.335 e. The lowest BCUT2D eigenvalue weighted by Crippen LogP contribution is -2.58. The van der Waals surface area contributed by atoms with Crippen LogP contribution in [0.15, 0.2) is 48.0 Å². The fourth-order valence-electron chi connectivity index (χ4n) is 2.53. The Morgan fingerprint density at radius 3 is 2.81 bits per heavy atom. The number of aryl methyl sites for hydroxylation is 1. The second kappa shape index (κ2) is 7.68. The molecular formula is C17H16FN5O3. The van der Waals surface area contributed by atoms with E-state index in [1.54, 1.807) is 12.5 Å². The van der Waals surface area contributed by atoms with Crippen LogP contribution in [0.2, 0.25) is 0 Å². The number of nitrogens with one attached hydrogen (secondary N) is 1. The fourth-order valence-corrected chi connectivity index (χ4v) is 2.53. The van der Waals surface area contributed by atoms with E-state index in [0.717, 1.165) is 6.07 Å². The lowest BCUT2D eigenvalue weighted by atomic mass is 10.1. The first-order chi connectivity index (χ1) is 12.6. The highest BCUT2D eigenvalue weighted by Gasteiger charge is 2.41. The number of carbonyl (C=O) groups is 3. The molecule has 9 heteroatoms. The Morgan fingerprint density at radius 1 is 1.27 bits per heavy atom. The molecule has 4 amide bonds. The molecule has 1 aromatic carbocycles. The average molecular weight is 357 g/mol. The predicted molar refractivity (Wildman–Crippen MR) is 91.1 cm³/mol. The van der Waals surface area contributed by atoms with Crippen molar-refractivity contribution < 1.29 is 18.8 Å². The van der Waals surface area contributed by atoms with E-state index in [4.69, 9.17) is 0 Å². The summed E-state index contributed by atoms with van der Waals surface area (Å²) in [5.41, 5.74) is -0.207. The van der Waals surface area contributed by atoms with E-state index in [2.05, 4.69) is 15.3 Å². The Morgan fingerprint density at radius 2 is 2.08 bits per heavy atom. The van der Waals surface area contributed by atoms with Crippen LogP contribution in [0.3, 0.4) is 0 Å². The first-order valence-corrected chi connectivity index (χ1v) is 7.97. The Hall–Kier alpha value is -3.36. The van der Waals surface area contributed by atoms with Crippen molar-refractivity contribution in [1.29, 1.82) is 0 Å². The number of imidazole rings is 1. The maximum atomic E-state index is 13.9. The summed E-state index contributed by atoms with van der Waals surface area (Å²) in [7, 11) is 0. The molecule has 1 fully saturated rings. The van der Waals surface area contributed by atoms with Gasteiger partial charge in [-0.3, -0.25) is 19.9 Å². The van der Waals surface area contributed by atoms with Crippen molar-refractivity contribution in [3.8, 4) is 0 Å². The van der Waals surface area contributed by atoms with E-state index >= 15 is 0 Å². The van der Waals surface area contributed by atoms with Gasteiger partial charge in [0.25, 0.3) is 5.91 Å². The average Bonchev–Trinajstić information content (AvgIpc) is 3.12.